The molecule has 2 heterocycles. The Labute approximate surface area is 218 Å². The van der Waals surface area contributed by atoms with E-state index in [4.69, 9.17) is 4.74 Å². The number of aliphatic hydroxyl groups is 1. The van der Waals surface area contributed by atoms with Crippen molar-refractivity contribution < 1.29 is 9.84 Å². The van der Waals surface area contributed by atoms with Crippen LogP contribution in [0.2, 0.25) is 0 Å². The lowest BCUT2D eigenvalue weighted by molar-refractivity contribution is -0.199. The minimum Gasteiger partial charge on any atom is -0.388 e. The lowest BCUT2D eigenvalue weighted by atomic mass is 9.50. The molecule has 5 rings (SSSR count). The van der Waals surface area contributed by atoms with Crippen molar-refractivity contribution in [3.63, 3.8) is 0 Å². The van der Waals surface area contributed by atoms with Crippen molar-refractivity contribution in [3.05, 3.63) is 60.3 Å². The summed E-state index contributed by atoms with van der Waals surface area (Å²) in [5, 5.41) is 12.0. The van der Waals surface area contributed by atoms with E-state index in [0.717, 1.165) is 25.7 Å². The van der Waals surface area contributed by atoms with Gasteiger partial charge in [-0.2, -0.15) is 0 Å². The Hall–Kier alpha value is -1.84. The largest absolute Gasteiger partial charge is 0.388 e. The van der Waals surface area contributed by atoms with E-state index < -0.39 is 5.60 Å². The van der Waals surface area contributed by atoms with Crippen LogP contribution in [0.25, 0.3) is 10.9 Å². The molecule has 1 aromatic heterocycles. The first kappa shape index (κ1) is 25.8. The summed E-state index contributed by atoms with van der Waals surface area (Å²) in [5.41, 5.74) is 3.85. The van der Waals surface area contributed by atoms with E-state index in [2.05, 4.69) is 88.4 Å². The Morgan fingerprint density at radius 1 is 1.11 bits per heavy atom. The van der Waals surface area contributed by atoms with Crippen molar-refractivity contribution in [2.24, 2.45) is 22.7 Å². The fourth-order valence-corrected chi connectivity index (χ4v) is 7.77. The molecule has 5 atom stereocenters. The van der Waals surface area contributed by atoms with Crippen LogP contribution in [-0.2, 0) is 16.7 Å². The second-order valence-electron chi connectivity index (χ2n) is 13.9. The van der Waals surface area contributed by atoms with Gasteiger partial charge in [0.15, 0.2) is 0 Å². The van der Waals surface area contributed by atoms with Gasteiger partial charge >= 0.3 is 0 Å². The van der Waals surface area contributed by atoms with Gasteiger partial charge in [-0.1, -0.05) is 56.7 Å². The highest BCUT2D eigenvalue weighted by atomic mass is 16.5. The van der Waals surface area contributed by atoms with E-state index in [1.807, 2.05) is 13.8 Å². The van der Waals surface area contributed by atoms with Crippen LogP contribution in [0.1, 0.15) is 86.1 Å². The number of fused-ring (bicyclic) bond motifs is 4. The number of rotatable bonds is 5. The van der Waals surface area contributed by atoms with Crippen LogP contribution < -0.4 is 0 Å². The second-order valence-corrected chi connectivity index (χ2v) is 13.9. The van der Waals surface area contributed by atoms with Crippen LogP contribution in [0.4, 0.5) is 0 Å². The standard InChI is InChI=1S/C33H47NO2/c1-9-30(2,3)34-21-22(24-12-10-11-13-27(24)34)20-23-14-15-26-25(31(23,4)5)16-17-29-33(26,8)19-18-28(36-29)32(6,7)35/h9-13,16,21,23,26,28-29,35H,1,14-15,17-20H2,2-8H3/t23-,26+,28-,29-,33-/m0/s1. The summed E-state index contributed by atoms with van der Waals surface area (Å²) < 4.78 is 9.00. The van der Waals surface area contributed by atoms with Gasteiger partial charge in [0.2, 0.25) is 0 Å². The van der Waals surface area contributed by atoms with Gasteiger partial charge in [-0.05, 0) is 95.1 Å². The third kappa shape index (κ3) is 4.02. The molecule has 1 aromatic carbocycles. The van der Waals surface area contributed by atoms with Crippen molar-refractivity contribution >= 4 is 10.9 Å². The molecule has 1 aliphatic heterocycles. The van der Waals surface area contributed by atoms with Crippen molar-refractivity contribution in [1.82, 2.24) is 4.57 Å². The highest BCUT2D eigenvalue weighted by Gasteiger charge is 2.55. The Kier molecular flexibility index (Phi) is 6.16. The van der Waals surface area contributed by atoms with E-state index in [1.165, 1.54) is 29.3 Å². The number of allylic oxidation sites excluding steroid dienone is 2. The molecule has 1 saturated heterocycles. The van der Waals surface area contributed by atoms with Crippen LogP contribution in [-0.4, -0.2) is 27.5 Å². The zero-order chi connectivity index (χ0) is 26.1. The van der Waals surface area contributed by atoms with E-state index in [-0.39, 0.29) is 28.6 Å². The highest BCUT2D eigenvalue weighted by molar-refractivity contribution is 5.84. The number of para-hydroxylation sites is 1. The van der Waals surface area contributed by atoms with Gasteiger partial charge < -0.3 is 14.4 Å². The van der Waals surface area contributed by atoms with Crippen molar-refractivity contribution in [1.29, 1.82) is 0 Å². The minimum absolute atomic E-state index is 0.0630. The summed E-state index contributed by atoms with van der Waals surface area (Å²) in [6, 6.07) is 8.87. The molecule has 0 amide bonds. The van der Waals surface area contributed by atoms with Crippen LogP contribution in [0.3, 0.4) is 0 Å². The first-order valence-corrected chi connectivity index (χ1v) is 14.1. The predicted molar refractivity (Wildman–Crippen MR) is 150 cm³/mol. The van der Waals surface area contributed by atoms with Gasteiger partial charge in [0, 0.05) is 22.5 Å². The smallest absolute Gasteiger partial charge is 0.0860 e. The van der Waals surface area contributed by atoms with Crippen LogP contribution >= 0.6 is 0 Å². The molecule has 2 aromatic rings. The maximum atomic E-state index is 10.6. The molecule has 3 heteroatoms. The van der Waals surface area contributed by atoms with Crippen molar-refractivity contribution in [2.45, 2.75) is 110 Å². The average molecular weight is 490 g/mol. The summed E-state index contributed by atoms with van der Waals surface area (Å²) in [6.45, 7) is 19.8. The van der Waals surface area contributed by atoms with Crippen LogP contribution in [0.15, 0.2) is 54.8 Å². The molecular formula is C33H47NO2. The van der Waals surface area contributed by atoms with Gasteiger partial charge in [-0.15, -0.1) is 6.58 Å². The zero-order valence-corrected chi connectivity index (χ0v) is 23.6. The fourth-order valence-electron chi connectivity index (χ4n) is 7.77. The minimum atomic E-state index is -0.776. The molecule has 3 nitrogen and oxygen atoms in total. The van der Waals surface area contributed by atoms with Crippen molar-refractivity contribution in [3.8, 4) is 0 Å². The monoisotopic (exact) mass is 489 g/mol. The Balaban J connectivity index is 1.44. The Bertz CT molecular complexity index is 1180. The number of nitrogens with zero attached hydrogens (tertiary/aromatic N) is 1. The van der Waals surface area contributed by atoms with E-state index in [9.17, 15) is 5.11 Å². The number of ether oxygens (including phenoxy) is 1. The van der Waals surface area contributed by atoms with E-state index in [1.54, 1.807) is 5.57 Å². The lowest BCUT2D eigenvalue weighted by Crippen LogP contribution is -2.56. The molecule has 0 bridgehead atoms. The molecular weight excluding hydrogens is 442 g/mol. The molecule has 2 aliphatic carbocycles. The van der Waals surface area contributed by atoms with Crippen LogP contribution in [0.5, 0.6) is 0 Å². The highest BCUT2D eigenvalue weighted by Crippen LogP contribution is 2.60. The third-order valence-corrected chi connectivity index (χ3v) is 10.5. The normalized spacial score (nSPS) is 32.5. The maximum Gasteiger partial charge on any atom is 0.0860 e. The summed E-state index contributed by atoms with van der Waals surface area (Å²) in [7, 11) is 0. The summed E-state index contributed by atoms with van der Waals surface area (Å²) in [4.78, 5) is 0. The molecule has 0 radical (unpaired) electrons. The van der Waals surface area contributed by atoms with E-state index >= 15 is 0 Å². The Morgan fingerprint density at radius 3 is 2.53 bits per heavy atom. The molecule has 2 fully saturated rings. The van der Waals surface area contributed by atoms with Gasteiger partial charge in [0.05, 0.1) is 23.3 Å². The first-order chi connectivity index (χ1) is 16.8. The Morgan fingerprint density at radius 2 is 1.83 bits per heavy atom. The summed E-state index contributed by atoms with van der Waals surface area (Å²) in [6.07, 6.45) is 13.8. The number of hydrogen-bond donors (Lipinski definition) is 1. The van der Waals surface area contributed by atoms with Gasteiger partial charge in [-0.3, -0.25) is 0 Å². The molecule has 36 heavy (non-hydrogen) atoms. The van der Waals surface area contributed by atoms with Gasteiger partial charge in [0.1, 0.15) is 0 Å². The molecule has 0 spiro atoms. The number of aromatic nitrogens is 1. The third-order valence-electron chi connectivity index (χ3n) is 10.5. The zero-order valence-electron chi connectivity index (χ0n) is 23.6. The molecule has 196 valence electrons. The number of hydrogen-bond acceptors (Lipinski definition) is 2. The van der Waals surface area contributed by atoms with Gasteiger partial charge in [-0.25, -0.2) is 0 Å². The number of benzene rings is 1. The van der Waals surface area contributed by atoms with Gasteiger partial charge in [0.25, 0.3) is 0 Å². The van der Waals surface area contributed by atoms with Crippen molar-refractivity contribution in [2.75, 3.05) is 0 Å². The SMILES string of the molecule is C=CC(C)(C)n1cc(C[C@@H]2CC[C@@H]3C(=CC[C@@H]4O[C@H](C(C)(C)O)CC[C@]43C)C2(C)C)c2ccccc21. The molecule has 1 N–H and O–H groups in total. The maximum absolute atomic E-state index is 10.6. The summed E-state index contributed by atoms with van der Waals surface area (Å²) >= 11 is 0. The fraction of sp³-hybridized carbons (Fsp3) is 0.636. The first-order valence-electron chi connectivity index (χ1n) is 14.1. The quantitative estimate of drug-likeness (QED) is 0.435. The van der Waals surface area contributed by atoms with Crippen LogP contribution in [0, 0.1) is 22.7 Å². The topological polar surface area (TPSA) is 34.4 Å². The average Bonchev–Trinajstić information content (AvgIpc) is 3.19. The lowest BCUT2D eigenvalue weighted by Gasteiger charge is -2.58. The predicted octanol–water partition coefficient (Wildman–Crippen LogP) is 7.81. The van der Waals surface area contributed by atoms with E-state index in [0.29, 0.717) is 11.8 Å². The molecule has 3 aliphatic rings. The summed E-state index contributed by atoms with van der Waals surface area (Å²) in [5.74, 6) is 1.19. The molecule has 0 unspecified atom stereocenters. The molecule has 1 saturated carbocycles. The second kappa shape index (κ2) is 8.60.